The molecular formula is C16H23NO2S. The molecule has 1 aliphatic carbocycles. The summed E-state index contributed by atoms with van der Waals surface area (Å²) >= 11 is 1.59. The fraction of sp³-hybridized carbons (Fsp3) is 0.562. The Morgan fingerprint density at radius 1 is 1.40 bits per heavy atom. The lowest BCUT2D eigenvalue weighted by Gasteiger charge is -2.16. The number of aliphatic hydroxyl groups is 1. The van der Waals surface area contributed by atoms with Crippen molar-refractivity contribution < 1.29 is 9.90 Å². The first-order chi connectivity index (χ1) is 9.66. The molecule has 3 nitrogen and oxygen atoms in total. The van der Waals surface area contributed by atoms with Crippen LogP contribution in [0.15, 0.2) is 30.3 Å². The van der Waals surface area contributed by atoms with E-state index in [1.54, 1.807) is 11.8 Å². The van der Waals surface area contributed by atoms with Gasteiger partial charge in [0.1, 0.15) is 0 Å². The number of amides is 1. The van der Waals surface area contributed by atoms with E-state index in [1.165, 1.54) is 5.56 Å². The summed E-state index contributed by atoms with van der Waals surface area (Å²) in [6.45, 7) is 2.91. The highest BCUT2D eigenvalue weighted by Crippen LogP contribution is 2.47. The largest absolute Gasteiger partial charge is 0.396 e. The highest BCUT2D eigenvalue weighted by Gasteiger charge is 2.44. The van der Waals surface area contributed by atoms with Gasteiger partial charge in [0.25, 0.3) is 0 Å². The molecule has 1 unspecified atom stereocenters. The highest BCUT2D eigenvalue weighted by molar-refractivity contribution is 7.99. The maximum Gasteiger partial charge on any atom is 0.230 e. The Hall–Kier alpha value is -1.00. The zero-order valence-corrected chi connectivity index (χ0v) is 12.8. The topological polar surface area (TPSA) is 49.3 Å². The molecule has 0 saturated heterocycles. The van der Waals surface area contributed by atoms with Crippen molar-refractivity contribution in [2.75, 3.05) is 24.7 Å². The molecule has 1 saturated carbocycles. The Bertz CT molecular complexity index is 431. The Labute approximate surface area is 125 Å². The number of benzene rings is 1. The number of rotatable bonds is 8. The van der Waals surface area contributed by atoms with Crippen LogP contribution in [0.2, 0.25) is 0 Å². The van der Waals surface area contributed by atoms with E-state index < -0.39 is 0 Å². The average Bonchev–Trinajstić information content (AvgIpc) is 3.27. The van der Waals surface area contributed by atoms with Gasteiger partial charge in [0.05, 0.1) is 5.75 Å². The molecule has 20 heavy (non-hydrogen) atoms. The minimum atomic E-state index is 0.0994. The summed E-state index contributed by atoms with van der Waals surface area (Å²) in [4.78, 5) is 11.8. The molecular weight excluding hydrogens is 270 g/mol. The van der Waals surface area contributed by atoms with E-state index in [-0.39, 0.29) is 23.8 Å². The molecule has 1 atom stereocenters. The van der Waals surface area contributed by atoms with Crippen LogP contribution in [0, 0.1) is 5.92 Å². The Morgan fingerprint density at radius 3 is 2.70 bits per heavy atom. The molecule has 1 aromatic carbocycles. The van der Waals surface area contributed by atoms with E-state index in [0.29, 0.717) is 5.75 Å². The van der Waals surface area contributed by atoms with Crippen molar-refractivity contribution in [3.05, 3.63) is 35.9 Å². The van der Waals surface area contributed by atoms with Gasteiger partial charge in [-0.3, -0.25) is 4.79 Å². The van der Waals surface area contributed by atoms with Crippen molar-refractivity contribution in [1.29, 1.82) is 0 Å². The summed E-state index contributed by atoms with van der Waals surface area (Å²) in [6.07, 6.45) is 2.32. The summed E-state index contributed by atoms with van der Waals surface area (Å²) in [5.74, 6) is 1.66. The van der Waals surface area contributed by atoms with Gasteiger partial charge in [0.2, 0.25) is 5.91 Å². The summed E-state index contributed by atoms with van der Waals surface area (Å²) in [6, 6.07) is 10.4. The maximum absolute atomic E-state index is 11.8. The second-order valence-corrected chi connectivity index (χ2v) is 6.76. The molecule has 1 aromatic rings. The molecule has 0 radical (unpaired) electrons. The lowest BCUT2D eigenvalue weighted by Crippen LogP contribution is -2.33. The zero-order valence-electron chi connectivity index (χ0n) is 12.0. The number of hydrogen-bond acceptors (Lipinski definition) is 3. The number of carbonyl (C=O) groups is 1. The van der Waals surface area contributed by atoms with Crippen LogP contribution in [-0.2, 0) is 10.2 Å². The fourth-order valence-electron chi connectivity index (χ4n) is 2.23. The second kappa shape index (κ2) is 7.14. The van der Waals surface area contributed by atoms with Crippen LogP contribution in [0.5, 0.6) is 0 Å². The van der Waals surface area contributed by atoms with Gasteiger partial charge in [-0.1, -0.05) is 37.3 Å². The molecule has 4 heteroatoms. The zero-order chi connectivity index (χ0) is 14.4. The first-order valence-electron chi connectivity index (χ1n) is 7.17. The Morgan fingerprint density at radius 2 is 2.10 bits per heavy atom. The van der Waals surface area contributed by atoms with Crippen molar-refractivity contribution in [2.45, 2.75) is 25.2 Å². The predicted molar refractivity (Wildman–Crippen MR) is 83.9 cm³/mol. The van der Waals surface area contributed by atoms with Crippen LogP contribution in [-0.4, -0.2) is 35.7 Å². The number of aliphatic hydroxyl groups excluding tert-OH is 1. The normalized spacial score (nSPS) is 17.5. The van der Waals surface area contributed by atoms with E-state index in [1.807, 2.05) is 13.0 Å². The standard InChI is InChI=1S/C16H23NO2S/c1-13(9-18)10-20-11-15(19)17-12-16(7-8-16)14-5-3-2-4-6-14/h2-6,13,18H,7-12H2,1H3,(H,17,19). The second-order valence-electron chi connectivity index (χ2n) is 5.73. The van der Waals surface area contributed by atoms with Gasteiger partial charge < -0.3 is 10.4 Å². The van der Waals surface area contributed by atoms with Gasteiger partial charge in [0.15, 0.2) is 0 Å². The third-order valence-corrected chi connectivity index (χ3v) is 5.08. The summed E-state index contributed by atoms with van der Waals surface area (Å²) in [5.41, 5.74) is 1.52. The van der Waals surface area contributed by atoms with Gasteiger partial charge in [-0.2, -0.15) is 11.8 Å². The fourth-order valence-corrected chi connectivity index (χ4v) is 3.15. The smallest absolute Gasteiger partial charge is 0.230 e. The van der Waals surface area contributed by atoms with Gasteiger partial charge in [-0.05, 0) is 30.1 Å². The van der Waals surface area contributed by atoms with E-state index in [0.717, 1.165) is 25.1 Å². The van der Waals surface area contributed by atoms with Gasteiger partial charge in [0, 0.05) is 18.6 Å². The van der Waals surface area contributed by atoms with Crippen LogP contribution in [0.1, 0.15) is 25.3 Å². The van der Waals surface area contributed by atoms with Crippen molar-refractivity contribution >= 4 is 17.7 Å². The summed E-state index contributed by atoms with van der Waals surface area (Å²) in [7, 11) is 0. The lowest BCUT2D eigenvalue weighted by atomic mass is 9.96. The predicted octanol–water partition coefficient (Wildman–Crippen LogP) is 2.20. The quantitative estimate of drug-likeness (QED) is 0.772. The van der Waals surface area contributed by atoms with Crippen LogP contribution >= 0.6 is 11.8 Å². The van der Waals surface area contributed by atoms with Crippen molar-refractivity contribution in [1.82, 2.24) is 5.32 Å². The van der Waals surface area contributed by atoms with Crippen LogP contribution in [0.25, 0.3) is 0 Å². The molecule has 2 N–H and O–H groups in total. The van der Waals surface area contributed by atoms with E-state index >= 15 is 0 Å². The Kier molecular flexibility index (Phi) is 5.49. The first kappa shape index (κ1) is 15.4. The third-order valence-electron chi connectivity index (χ3n) is 3.81. The minimum Gasteiger partial charge on any atom is -0.396 e. The SMILES string of the molecule is CC(CO)CSCC(=O)NCC1(c2ccccc2)CC1. The molecule has 1 fully saturated rings. The molecule has 110 valence electrons. The molecule has 0 heterocycles. The van der Waals surface area contributed by atoms with E-state index in [2.05, 4.69) is 29.6 Å². The van der Waals surface area contributed by atoms with Crippen LogP contribution in [0.4, 0.5) is 0 Å². The number of nitrogens with one attached hydrogen (secondary N) is 1. The number of carbonyl (C=O) groups excluding carboxylic acids is 1. The van der Waals surface area contributed by atoms with E-state index in [9.17, 15) is 4.79 Å². The number of hydrogen-bond donors (Lipinski definition) is 2. The van der Waals surface area contributed by atoms with Crippen molar-refractivity contribution in [3.63, 3.8) is 0 Å². The van der Waals surface area contributed by atoms with Gasteiger partial charge in [-0.25, -0.2) is 0 Å². The molecule has 2 rings (SSSR count). The van der Waals surface area contributed by atoms with E-state index in [4.69, 9.17) is 5.11 Å². The molecule has 1 amide bonds. The third kappa shape index (κ3) is 4.25. The molecule has 0 aliphatic heterocycles. The van der Waals surface area contributed by atoms with Gasteiger partial charge in [-0.15, -0.1) is 0 Å². The minimum absolute atomic E-state index is 0.0994. The van der Waals surface area contributed by atoms with Crippen molar-refractivity contribution in [2.24, 2.45) is 5.92 Å². The maximum atomic E-state index is 11.8. The van der Waals surface area contributed by atoms with Gasteiger partial charge >= 0.3 is 0 Å². The van der Waals surface area contributed by atoms with Crippen LogP contribution in [0.3, 0.4) is 0 Å². The Balaban J connectivity index is 1.71. The average molecular weight is 293 g/mol. The first-order valence-corrected chi connectivity index (χ1v) is 8.32. The monoisotopic (exact) mass is 293 g/mol. The molecule has 0 bridgehead atoms. The van der Waals surface area contributed by atoms with Crippen LogP contribution < -0.4 is 5.32 Å². The summed E-state index contributed by atoms with van der Waals surface area (Å²) in [5, 5.41) is 12.0. The molecule has 0 aromatic heterocycles. The highest BCUT2D eigenvalue weighted by atomic mass is 32.2. The number of thioether (sulfide) groups is 1. The molecule has 0 spiro atoms. The van der Waals surface area contributed by atoms with Crippen molar-refractivity contribution in [3.8, 4) is 0 Å². The lowest BCUT2D eigenvalue weighted by molar-refractivity contribution is -0.118. The summed E-state index contributed by atoms with van der Waals surface area (Å²) < 4.78 is 0. The molecule has 1 aliphatic rings.